The minimum Gasteiger partial charge on any atom is -0.508 e. The maximum absolute atomic E-state index is 13.9. The number of aromatic hydroxyl groups is 1. The molecule has 1 aromatic carbocycles. The van der Waals surface area contributed by atoms with Gasteiger partial charge < -0.3 is 26.2 Å². The van der Waals surface area contributed by atoms with E-state index in [9.17, 15) is 34.8 Å². The molecule has 0 spiro atoms. The lowest BCUT2D eigenvalue weighted by molar-refractivity contribution is -0.153. The number of fused-ring (bicyclic) bond motifs is 3. The summed E-state index contributed by atoms with van der Waals surface area (Å²) < 4.78 is 0. The van der Waals surface area contributed by atoms with E-state index in [1.807, 2.05) is 0 Å². The molecule has 210 valence electrons. The highest BCUT2D eigenvalue weighted by atomic mass is 35.5. The number of aliphatic hydroxyl groups is 3. The first-order valence-electron chi connectivity index (χ1n) is 13.2. The van der Waals surface area contributed by atoms with Gasteiger partial charge in [-0.3, -0.25) is 24.2 Å². The lowest BCUT2D eigenvalue weighted by Gasteiger charge is -2.50. The van der Waals surface area contributed by atoms with Crippen LogP contribution in [0.5, 0.6) is 5.75 Å². The van der Waals surface area contributed by atoms with E-state index < -0.39 is 58.0 Å². The summed E-state index contributed by atoms with van der Waals surface area (Å²) >= 11 is 6.86. The number of likely N-dealkylation sites (N-methyl/N-ethyl adjacent to an activating group) is 1. The van der Waals surface area contributed by atoms with E-state index in [0.29, 0.717) is 28.6 Å². The molecule has 0 saturated heterocycles. The average Bonchev–Trinajstić information content (AvgIpc) is 3.67. The van der Waals surface area contributed by atoms with E-state index in [0.717, 1.165) is 13.1 Å². The minimum atomic E-state index is -2.66. The number of amides is 1. The van der Waals surface area contributed by atoms with Crippen molar-refractivity contribution in [3.63, 3.8) is 0 Å². The number of primary amides is 1. The van der Waals surface area contributed by atoms with E-state index in [-0.39, 0.29) is 29.7 Å². The molecule has 0 radical (unpaired) electrons. The number of hydrogen-bond donors (Lipinski definition) is 5. The highest BCUT2D eigenvalue weighted by Gasteiger charge is 2.64. The summed E-state index contributed by atoms with van der Waals surface area (Å²) in [4.78, 5) is 42.9. The summed E-state index contributed by atoms with van der Waals surface area (Å²) in [6.07, 6.45) is 2.60. The number of carbonyl (C=O) groups excluding carboxylic acids is 3. The Kier molecular flexibility index (Phi) is 6.82. The number of Topliss-reactive ketones (excluding diaryl/α,β-unsaturated/α-hetero) is 2. The Hall–Kier alpha value is -2.92. The van der Waals surface area contributed by atoms with Crippen molar-refractivity contribution in [2.45, 2.75) is 50.8 Å². The van der Waals surface area contributed by atoms with Crippen molar-refractivity contribution < 1.29 is 34.8 Å². The van der Waals surface area contributed by atoms with Crippen molar-refractivity contribution in [2.24, 2.45) is 23.5 Å². The van der Waals surface area contributed by atoms with Gasteiger partial charge in [-0.25, -0.2) is 0 Å². The zero-order valence-corrected chi connectivity index (χ0v) is 23.0. The van der Waals surface area contributed by atoms with E-state index in [1.54, 1.807) is 14.1 Å². The first-order chi connectivity index (χ1) is 18.3. The summed E-state index contributed by atoms with van der Waals surface area (Å²) in [5, 5.41) is 45.3. The van der Waals surface area contributed by atoms with Crippen molar-refractivity contribution in [3.8, 4) is 5.75 Å². The van der Waals surface area contributed by atoms with Gasteiger partial charge >= 0.3 is 0 Å². The van der Waals surface area contributed by atoms with Crippen LogP contribution in [0.2, 0.25) is 5.02 Å². The Morgan fingerprint density at radius 1 is 1.21 bits per heavy atom. The van der Waals surface area contributed by atoms with Crippen molar-refractivity contribution >= 4 is 34.8 Å². The zero-order valence-electron chi connectivity index (χ0n) is 22.2. The second kappa shape index (κ2) is 9.62. The molecular formula is C28H34ClN3O7. The number of phenolic OH excluding ortho intramolecular Hbond substituents is 1. The third-order valence-corrected chi connectivity index (χ3v) is 9.25. The van der Waals surface area contributed by atoms with Crippen LogP contribution < -0.4 is 5.73 Å². The second-order valence-corrected chi connectivity index (χ2v) is 11.8. The monoisotopic (exact) mass is 559 g/mol. The van der Waals surface area contributed by atoms with Crippen molar-refractivity contribution in [3.05, 3.63) is 44.7 Å². The van der Waals surface area contributed by atoms with Crippen LogP contribution in [-0.4, -0.2) is 86.5 Å². The van der Waals surface area contributed by atoms with Crippen LogP contribution in [0.1, 0.15) is 42.9 Å². The smallest absolute Gasteiger partial charge is 0.255 e. The predicted molar refractivity (Wildman–Crippen MR) is 143 cm³/mol. The summed E-state index contributed by atoms with van der Waals surface area (Å²) in [5.41, 5.74) is 2.87. The molecule has 0 heterocycles. The molecule has 1 aromatic rings. The normalized spacial score (nSPS) is 28.6. The standard InChI is InChI=1S/C28H34ClN3O7/c1-4-32(10-12-5-6-12)11-14-9-17(33)19-15(21(14)29)7-13-8-16-22(31(2)3)24(35)20(27(30)38)26(37)28(16,39)25(36)18(13)23(19)34/h9,12-13,16,22,33-34,37,39H,4-8,10-11H2,1-3H3,(H2,30,38)/t13-,16-,22-,28-/m0/s1. The Bertz CT molecular complexity index is 1350. The molecule has 0 aliphatic heterocycles. The van der Waals surface area contributed by atoms with Gasteiger partial charge in [0.05, 0.1) is 11.6 Å². The molecule has 0 unspecified atom stereocenters. The number of halogens is 1. The van der Waals surface area contributed by atoms with Crippen LogP contribution >= 0.6 is 11.6 Å². The van der Waals surface area contributed by atoms with Crippen molar-refractivity contribution in [1.82, 2.24) is 9.80 Å². The van der Waals surface area contributed by atoms with Gasteiger partial charge in [-0.2, -0.15) is 0 Å². The van der Waals surface area contributed by atoms with Gasteiger partial charge in [-0.05, 0) is 75.4 Å². The molecule has 2 saturated carbocycles. The molecule has 39 heavy (non-hydrogen) atoms. The summed E-state index contributed by atoms with van der Waals surface area (Å²) in [5.74, 6) is -6.10. The molecular weight excluding hydrogens is 526 g/mol. The Morgan fingerprint density at radius 3 is 2.44 bits per heavy atom. The van der Waals surface area contributed by atoms with Gasteiger partial charge in [0.1, 0.15) is 22.8 Å². The fraction of sp³-hybridized carbons (Fsp3) is 0.536. The van der Waals surface area contributed by atoms with Crippen LogP contribution in [-0.2, 0) is 27.3 Å². The van der Waals surface area contributed by atoms with E-state index in [4.69, 9.17) is 17.3 Å². The maximum Gasteiger partial charge on any atom is 0.255 e. The molecule has 0 bridgehead atoms. The number of nitrogens with two attached hydrogens (primary N) is 1. The summed E-state index contributed by atoms with van der Waals surface area (Å²) in [6.45, 7) is 4.31. The highest BCUT2D eigenvalue weighted by Crippen LogP contribution is 2.53. The van der Waals surface area contributed by atoms with Crippen LogP contribution in [0.3, 0.4) is 0 Å². The van der Waals surface area contributed by atoms with E-state index in [1.165, 1.54) is 23.8 Å². The molecule has 4 aliphatic carbocycles. The molecule has 11 heteroatoms. The summed E-state index contributed by atoms with van der Waals surface area (Å²) in [7, 11) is 3.13. The number of benzene rings is 1. The molecule has 4 aliphatic rings. The number of phenols is 1. The van der Waals surface area contributed by atoms with Gasteiger partial charge in [-0.1, -0.05) is 18.5 Å². The second-order valence-electron chi connectivity index (χ2n) is 11.5. The Balaban J connectivity index is 1.62. The molecule has 4 atom stereocenters. The number of rotatable bonds is 7. The topological polar surface area (TPSA) is 165 Å². The number of nitrogens with zero attached hydrogens (tertiary/aromatic N) is 2. The van der Waals surface area contributed by atoms with Gasteiger partial charge in [0.2, 0.25) is 5.78 Å². The van der Waals surface area contributed by atoms with Gasteiger partial charge in [0.15, 0.2) is 11.4 Å². The maximum atomic E-state index is 13.9. The van der Waals surface area contributed by atoms with Crippen LogP contribution in [0.25, 0.3) is 5.76 Å². The molecule has 5 rings (SSSR count). The molecule has 6 N–H and O–H groups in total. The van der Waals surface area contributed by atoms with E-state index in [2.05, 4.69) is 11.8 Å². The molecule has 10 nitrogen and oxygen atoms in total. The van der Waals surface area contributed by atoms with Gasteiger partial charge in [0.25, 0.3) is 5.91 Å². The number of carbonyl (C=O) groups is 3. The first kappa shape index (κ1) is 27.6. The number of ketones is 2. The largest absolute Gasteiger partial charge is 0.508 e. The predicted octanol–water partition coefficient (Wildman–Crippen LogP) is 1.85. The quantitative estimate of drug-likeness (QED) is 0.313. The SMILES string of the molecule is CCN(Cc1cc(O)c2c(c1Cl)C[C@H]1C[C@H]3[C@H](N(C)C)C(=O)C(C(N)=O)=C(O)[C@@]3(O)C(=O)C1=C2O)CC1CC1. The van der Waals surface area contributed by atoms with Crippen LogP contribution in [0, 0.1) is 17.8 Å². The summed E-state index contributed by atoms with van der Waals surface area (Å²) in [6, 6.07) is 0.362. The van der Waals surface area contributed by atoms with Crippen molar-refractivity contribution in [1.29, 1.82) is 0 Å². The van der Waals surface area contributed by atoms with Gasteiger partial charge in [-0.15, -0.1) is 0 Å². The first-order valence-corrected chi connectivity index (χ1v) is 13.6. The molecule has 0 aromatic heterocycles. The number of aliphatic hydroxyl groups excluding tert-OH is 2. The van der Waals surface area contributed by atoms with Crippen molar-refractivity contribution in [2.75, 3.05) is 27.2 Å². The third kappa shape index (κ3) is 4.16. The molecule has 2 fully saturated rings. The van der Waals surface area contributed by atoms with Crippen LogP contribution in [0.15, 0.2) is 23.0 Å². The average molecular weight is 560 g/mol. The zero-order chi connectivity index (χ0) is 28.5. The highest BCUT2D eigenvalue weighted by molar-refractivity contribution is 6.32. The minimum absolute atomic E-state index is 0.00489. The molecule has 1 amide bonds. The lowest BCUT2D eigenvalue weighted by Crippen LogP contribution is -2.65. The fourth-order valence-corrected chi connectivity index (χ4v) is 6.96. The fourth-order valence-electron chi connectivity index (χ4n) is 6.67. The van der Waals surface area contributed by atoms with Gasteiger partial charge in [0, 0.05) is 29.6 Å². The Morgan fingerprint density at radius 2 is 1.87 bits per heavy atom. The van der Waals surface area contributed by atoms with Crippen LogP contribution in [0.4, 0.5) is 0 Å². The Labute approximate surface area is 231 Å². The third-order valence-electron chi connectivity index (χ3n) is 8.78. The van der Waals surface area contributed by atoms with E-state index >= 15 is 0 Å². The number of hydrogen-bond acceptors (Lipinski definition) is 9. The lowest BCUT2D eigenvalue weighted by atomic mass is 9.57.